The van der Waals surface area contributed by atoms with Crippen LogP contribution in [0.1, 0.15) is 41.0 Å². The Bertz CT molecular complexity index is 1320. The predicted molar refractivity (Wildman–Crippen MR) is 147 cm³/mol. The van der Waals surface area contributed by atoms with E-state index in [4.69, 9.17) is 33.2 Å². The minimum Gasteiger partial charge on any atom is -0.479 e. The molecule has 0 amide bonds. The molecule has 1 aliphatic heterocycles. The fourth-order valence-corrected chi connectivity index (χ4v) is 4.45. The molecule has 0 aromatic heterocycles. The maximum absolute atomic E-state index is 12.2. The van der Waals surface area contributed by atoms with Gasteiger partial charge in [-0.2, -0.15) is 0 Å². The molecule has 1 fully saturated rings. The molecule has 3 rings (SSSR count). The van der Waals surface area contributed by atoms with Gasteiger partial charge in [-0.1, -0.05) is 43.3 Å². The van der Waals surface area contributed by atoms with E-state index in [1.54, 1.807) is 55.5 Å². The van der Waals surface area contributed by atoms with Crippen molar-refractivity contribution in [3.8, 4) is 22.6 Å². The second-order valence-electron chi connectivity index (χ2n) is 9.53. The molecule has 1 heterocycles. The standard InChI is InChI=1S/C30H34O13/c1-6-22(29(35)36)41-23-13-9-7-11-20(23)21-12-8-10-14-24(21)42-30-28(40-19(5)34)27(39-18(4)33)26(38-17(3)32)25(43-30)15-37-16(2)31/h7-14,22,25-28,30H,6,15H2,1-5H3,(H,35,36)/t22?,25-,26-,27+,28+,30+/m1/s1. The summed E-state index contributed by atoms with van der Waals surface area (Å²) in [6.45, 7) is 5.82. The molecule has 1 N–H and O–H groups in total. The largest absolute Gasteiger partial charge is 0.479 e. The van der Waals surface area contributed by atoms with Gasteiger partial charge in [-0.15, -0.1) is 0 Å². The number of carboxylic acid groups (broad SMARTS) is 1. The lowest BCUT2D eigenvalue weighted by Crippen LogP contribution is -2.63. The van der Waals surface area contributed by atoms with Crippen LogP contribution in [0.25, 0.3) is 11.1 Å². The third kappa shape index (κ3) is 8.92. The van der Waals surface area contributed by atoms with Gasteiger partial charge in [0.05, 0.1) is 0 Å². The second-order valence-corrected chi connectivity index (χ2v) is 9.53. The van der Waals surface area contributed by atoms with Crippen molar-refractivity contribution < 1.29 is 62.2 Å². The summed E-state index contributed by atoms with van der Waals surface area (Å²) in [5.41, 5.74) is 0.953. The van der Waals surface area contributed by atoms with E-state index in [1.165, 1.54) is 6.92 Å². The molecule has 6 atom stereocenters. The average Bonchev–Trinajstić information content (AvgIpc) is 2.93. The molecule has 0 spiro atoms. The molecule has 2 aromatic rings. The number of esters is 4. The highest BCUT2D eigenvalue weighted by Gasteiger charge is 2.53. The van der Waals surface area contributed by atoms with E-state index in [0.717, 1.165) is 20.8 Å². The maximum atomic E-state index is 12.2. The number of aliphatic carboxylic acids is 1. The van der Waals surface area contributed by atoms with Crippen LogP contribution >= 0.6 is 0 Å². The summed E-state index contributed by atoms with van der Waals surface area (Å²) >= 11 is 0. The third-order valence-electron chi connectivity index (χ3n) is 6.17. The van der Waals surface area contributed by atoms with Crippen molar-refractivity contribution in [3.63, 3.8) is 0 Å². The van der Waals surface area contributed by atoms with Crippen LogP contribution in [0.5, 0.6) is 11.5 Å². The van der Waals surface area contributed by atoms with E-state index < -0.39 is 73.3 Å². The van der Waals surface area contributed by atoms with Gasteiger partial charge in [0, 0.05) is 38.8 Å². The van der Waals surface area contributed by atoms with Gasteiger partial charge in [0.1, 0.15) is 24.2 Å². The van der Waals surface area contributed by atoms with Gasteiger partial charge < -0.3 is 38.3 Å². The van der Waals surface area contributed by atoms with Crippen LogP contribution < -0.4 is 9.47 Å². The van der Waals surface area contributed by atoms with E-state index >= 15 is 0 Å². The number of carbonyl (C=O) groups excluding carboxylic acids is 4. The summed E-state index contributed by atoms with van der Waals surface area (Å²) in [6.07, 6.45) is -7.73. The topological polar surface area (TPSA) is 170 Å². The minimum atomic E-state index is -1.46. The fraction of sp³-hybridized carbons (Fsp3) is 0.433. The highest BCUT2D eigenvalue weighted by molar-refractivity contribution is 5.77. The minimum absolute atomic E-state index is 0.197. The van der Waals surface area contributed by atoms with Crippen molar-refractivity contribution in [2.24, 2.45) is 0 Å². The molecule has 0 radical (unpaired) electrons. The SMILES string of the molecule is CCC(Oc1ccccc1-c1ccccc1O[C@H]1O[C@H](COC(C)=O)[C@@H](OC(C)=O)[C@H](OC(C)=O)[C@@H]1OC(C)=O)C(=O)O. The zero-order chi connectivity index (χ0) is 31.7. The highest BCUT2D eigenvalue weighted by Crippen LogP contribution is 2.39. The van der Waals surface area contributed by atoms with Crippen molar-refractivity contribution in [2.45, 2.75) is 77.8 Å². The number of benzene rings is 2. The van der Waals surface area contributed by atoms with Gasteiger partial charge in [0.25, 0.3) is 0 Å². The number of hydrogen-bond acceptors (Lipinski definition) is 12. The van der Waals surface area contributed by atoms with Gasteiger partial charge in [0.15, 0.2) is 18.3 Å². The lowest BCUT2D eigenvalue weighted by Gasteiger charge is -2.44. The number of para-hydroxylation sites is 2. The van der Waals surface area contributed by atoms with Crippen LogP contribution in [0.4, 0.5) is 0 Å². The molecule has 232 valence electrons. The predicted octanol–water partition coefficient (Wildman–Crippen LogP) is 3.06. The van der Waals surface area contributed by atoms with Crippen molar-refractivity contribution >= 4 is 29.8 Å². The van der Waals surface area contributed by atoms with Crippen molar-refractivity contribution in [2.75, 3.05) is 6.61 Å². The van der Waals surface area contributed by atoms with Gasteiger partial charge in [0.2, 0.25) is 12.4 Å². The normalized spacial score (nSPS) is 21.9. The third-order valence-corrected chi connectivity index (χ3v) is 6.17. The summed E-state index contributed by atoms with van der Waals surface area (Å²) in [6, 6.07) is 13.4. The molecule has 0 aliphatic carbocycles. The first kappa shape index (κ1) is 32.9. The van der Waals surface area contributed by atoms with Gasteiger partial charge in [-0.05, 0) is 18.6 Å². The fourth-order valence-electron chi connectivity index (χ4n) is 4.45. The van der Waals surface area contributed by atoms with Crippen LogP contribution in [-0.4, -0.2) is 78.4 Å². The zero-order valence-corrected chi connectivity index (χ0v) is 24.3. The Kier molecular flexibility index (Phi) is 11.5. The number of hydrogen-bond donors (Lipinski definition) is 1. The molecule has 1 unspecified atom stereocenters. The zero-order valence-electron chi connectivity index (χ0n) is 24.3. The Balaban J connectivity index is 2.08. The summed E-state index contributed by atoms with van der Waals surface area (Å²) in [5, 5.41) is 9.53. The number of rotatable bonds is 12. The van der Waals surface area contributed by atoms with E-state index in [1.807, 2.05) is 0 Å². The summed E-state index contributed by atoms with van der Waals surface area (Å²) in [4.78, 5) is 59.6. The summed E-state index contributed by atoms with van der Waals surface area (Å²) in [7, 11) is 0. The highest BCUT2D eigenvalue weighted by atomic mass is 16.7. The Morgan fingerprint density at radius 3 is 1.79 bits per heavy atom. The molecule has 1 saturated heterocycles. The Hall–Kier alpha value is -4.65. The Labute approximate surface area is 247 Å². The number of carboxylic acids is 1. The quantitative estimate of drug-likeness (QED) is 0.278. The van der Waals surface area contributed by atoms with E-state index in [9.17, 15) is 29.1 Å². The molecule has 2 aromatic carbocycles. The Morgan fingerprint density at radius 1 is 0.744 bits per heavy atom. The number of carbonyl (C=O) groups is 5. The Morgan fingerprint density at radius 2 is 1.26 bits per heavy atom. The van der Waals surface area contributed by atoms with Gasteiger partial charge in [-0.25, -0.2) is 4.79 Å². The first-order valence-electron chi connectivity index (χ1n) is 13.5. The van der Waals surface area contributed by atoms with Crippen molar-refractivity contribution in [3.05, 3.63) is 48.5 Å². The molecule has 13 nitrogen and oxygen atoms in total. The van der Waals surface area contributed by atoms with Gasteiger partial charge >= 0.3 is 29.8 Å². The molecule has 1 aliphatic rings. The molecular weight excluding hydrogens is 568 g/mol. The van der Waals surface area contributed by atoms with Crippen molar-refractivity contribution in [1.29, 1.82) is 0 Å². The maximum Gasteiger partial charge on any atom is 0.344 e. The molecule has 0 saturated carbocycles. The van der Waals surface area contributed by atoms with Crippen LogP contribution in [0.2, 0.25) is 0 Å². The molecule has 43 heavy (non-hydrogen) atoms. The van der Waals surface area contributed by atoms with Crippen molar-refractivity contribution in [1.82, 2.24) is 0 Å². The van der Waals surface area contributed by atoms with Crippen LogP contribution in [0.15, 0.2) is 48.5 Å². The van der Waals surface area contributed by atoms with Crippen LogP contribution in [0, 0.1) is 0 Å². The number of ether oxygens (including phenoxy) is 7. The molecule has 0 bridgehead atoms. The average molecular weight is 603 g/mol. The van der Waals surface area contributed by atoms with Crippen LogP contribution in [-0.2, 0) is 47.7 Å². The lowest BCUT2D eigenvalue weighted by molar-refractivity contribution is -0.288. The smallest absolute Gasteiger partial charge is 0.344 e. The summed E-state index contributed by atoms with van der Waals surface area (Å²) < 4.78 is 39.6. The molecular formula is C30H34O13. The van der Waals surface area contributed by atoms with E-state index in [0.29, 0.717) is 11.1 Å². The molecule has 13 heteroatoms. The monoisotopic (exact) mass is 602 g/mol. The lowest BCUT2D eigenvalue weighted by atomic mass is 9.97. The van der Waals surface area contributed by atoms with Gasteiger partial charge in [-0.3, -0.25) is 19.2 Å². The first-order valence-corrected chi connectivity index (χ1v) is 13.5. The second kappa shape index (κ2) is 15.0. The van der Waals surface area contributed by atoms with Crippen LogP contribution in [0.3, 0.4) is 0 Å². The van der Waals surface area contributed by atoms with E-state index in [-0.39, 0.29) is 17.9 Å². The summed E-state index contributed by atoms with van der Waals surface area (Å²) in [5.74, 6) is -3.61. The first-order chi connectivity index (χ1) is 20.4. The van der Waals surface area contributed by atoms with E-state index in [2.05, 4.69) is 0 Å².